The van der Waals surface area contributed by atoms with Gasteiger partial charge in [0.05, 0.1) is 5.52 Å². The van der Waals surface area contributed by atoms with Gasteiger partial charge >= 0.3 is 17.8 Å². The van der Waals surface area contributed by atoms with E-state index in [-0.39, 0.29) is 13.0 Å². The largest absolute Gasteiger partial charge is 0.480 e. The molecule has 0 aliphatic rings. The number of nitrogens with one attached hydrogen (secondary N) is 2. The van der Waals surface area contributed by atoms with Gasteiger partial charge in [0.1, 0.15) is 12.6 Å². The molecule has 22 heavy (non-hydrogen) atoms. The van der Waals surface area contributed by atoms with Gasteiger partial charge in [-0.15, -0.1) is 0 Å². The summed E-state index contributed by atoms with van der Waals surface area (Å²) in [5, 5.41) is 11.4. The summed E-state index contributed by atoms with van der Waals surface area (Å²) in [7, 11) is 0. The summed E-state index contributed by atoms with van der Waals surface area (Å²) in [5.74, 6) is -1.79. The van der Waals surface area contributed by atoms with E-state index in [0.717, 1.165) is 0 Å². The number of hydrogen-bond acceptors (Lipinski definition) is 5. The van der Waals surface area contributed by atoms with Gasteiger partial charge < -0.3 is 19.6 Å². The summed E-state index contributed by atoms with van der Waals surface area (Å²) in [6.07, 6.45) is 0.560. The second-order valence-corrected chi connectivity index (χ2v) is 4.47. The Morgan fingerprint density at radius 2 is 2.27 bits per heavy atom. The number of oxazole rings is 1. The minimum Gasteiger partial charge on any atom is -0.480 e. The number of rotatable bonds is 6. The lowest BCUT2D eigenvalue weighted by Crippen LogP contribution is -2.42. The molecular formula is C14H14N2O6. The van der Waals surface area contributed by atoms with Crippen LogP contribution in [0.2, 0.25) is 0 Å². The van der Waals surface area contributed by atoms with Crippen LogP contribution in [-0.4, -0.2) is 34.8 Å². The van der Waals surface area contributed by atoms with Crippen molar-refractivity contribution in [1.29, 1.82) is 0 Å². The molecule has 0 fully saturated rings. The molecule has 0 spiro atoms. The third-order valence-corrected chi connectivity index (χ3v) is 2.85. The van der Waals surface area contributed by atoms with Crippen molar-refractivity contribution >= 4 is 23.2 Å². The van der Waals surface area contributed by atoms with Crippen molar-refractivity contribution in [1.82, 2.24) is 10.3 Å². The van der Waals surface area contributed by atoms with E-state index < -0.39 is 23.9 Å². The summed E-state index contributed by atoms with van der Waals surface area (Å²) < 4.78 is 9.55. The van der Waals surface area contributed by atoms with E-state index in [4.69, 9.17) is 9.52 Å². The Bertz CT molecular complexity index is 760. The number of carboxylic acid groups (broad SMARTS) is 1. The van der Waals surface area contributed by atoms with Crippen molar-refractivity contribution < 1.29 is 23.8 Å². The van der Waals surface area contributed by atoms with Crippen LogP contribution in [0.25, 0.3) is 11.1 Å². The summed E-state index contributed by atoms with van der Waals surface area (Å²) in [4.78, 5) is 36.2. The van der Waals surface area contributed by atoms with E-state index in [2.05, 4.69) is 21.6 Å². The number of carbonyl (C=O) groups excluding carboxylic acids is 1. The second-order valence-electron chi connectivity index (χ2n) is 4.47. The van der Waals surface area contributed by atoms with Gasteiger partial charge in [0, 0.05) is 6.42 Å². The first-order valence-electron chi connectivity index (χ1n) is 6.38. The first-order valence-corrected chi connectivity index (χ1v) is 6.38. The average molecular weight is 306 g/mol. The van der Waals surface area contributed by atoms with Crippen molar-refractivity contribution in [2.24, 2.45) is 0 Å². The van der Waals surface area contributed by atoms with Crippen LogP contribution in [0.1, 0.15) is 5.56 Å². The number of amides is 1. The molecule has 1 heterocycles. The lowest BCUT2D eigenvalue weighted by molar-refractivity contribution is -0.139. The highest BCUT2D eigenvalue weighted by Gasteiger charge is 2.21. The fourth-order valence-electron chi connectivity index (χ4n) is 1.88. The van der Waals surface area contributed by atoms with Crippen LogP contribution < -0.4 is 11.1 Å². The molecule has 0 unspecified atom stereocenters. The number of carboxylic acids is 1. The zero-order valence-electron chi connectivity index (χ0n) is 11.5. The summed E-state index contributed by atoms with van der Waals surface area (Å²) in [5.41, 5.74) is 1.45. The molecule has 0 saturated carbocycles. The molecule has 0 radical (unpaired) electrons. The molecule has 1 atom stereocenters. The van der Waals surface area contributed by atoms with Crippen molar-refractivity contribution in [2.45, 2.75) is 12.5 Å². The van der Waals surface area contributed by atoms with E-state index in [1.807, 2.05) is 0 Å². The van der Waals surface area contributed by atoms with Crippen LogP contribution in [0.4, 0.5) is 4.79 Å². The third kappa shape index (κ3) is 3.75. The average Bonchev–Trinajstić information content (AvgIpc) is 2.83. The number of alkyl carbamates (subject to hydrolysis) is 1. The molecule has 2 rings (SSSR count). The van der Waals surface area contributed by atoms with Gasteiger partial charge in [0.25, 0.3) is 0 Å². The number of ether oxygens (including phenoxy) is 1. The minimum atomic E-state index is -1.20. The molecule has 0 aliphatic carbocycles. The fourth-order valence-corrected chi connectivity index (χ4v) is 1.88. The van der Waals surface area contributed by atoms with Crippen molar-refractivity contribution in [3.05, 3.63) is 47.0 Å². The van der Waals surface area contributed by atoms with Crippen molar-refractivity contribution in [3.63, 3.8) is 0 Å². The van der Waals surface area contributed by atoms with Crippen LogP contribution in [0.15, 0.2) is 40.1 Å². The molecular weight excluding hydrogens is 292 g/mol. The van der Waals surface area contributed by atoms with E-state index in [9.17, 15) is 14.4 Å². The maximum absolute atomic E-state index is 11.4. The standard InChI is InChI=1S/C14H14N2O6/c1-2-5-21-13(19)16-10(12(17)18)7-8-3-4-11-9(6-8)15-14(20)22-11/h2-4,6,10H,1,5,7H2,(H,15,20)(H,16,19)(H,17,18)/t10-/m0/s1. The van der Waals surface area contributed by atoms with Gasteiger partial charge in [0.15, 0.2) is 5.58 Å². The highest BCUT2D eigenvalue weighted by molar-refractivity contribution is 5.80. The molecule has 0 bridgehead atoms. The SMILES string of the molecule is C=CCOC(=O)N[C@@H](Cc1ccc2oc(=O)[nH]c2c1)C(=O)O. The lowest BCUT2D eigenvalue weighted by atomic mass is 10.1. The number of aromatic amines is 1. The van der Waals surface area contributed by atoms with Gasteiger partial charge in [-0.25, -0.2) is 14.4 Å². The zero-order valence-corrected chi connectivity index (χ0v) is 11.5. The quantitative estimate of drug-likeness (QED) is 0.685. The Labute approximate surface area is 124 Å². The number of benzene rings is 1. The molecule has 3 N–H and O–H groups in total. The molecule has 2 aromatic rings. The molecule has 116 valence electrons. The van der Waals surface area contributed by atoms with Crippen LogP contribution in [0, 0.1) is 0 Å². The predicted molar refractivity (Wildman–Crippen MR) is 76.6 cm³/mol. The Hall–Kier alpha value is -3.03. The van der Waals surface area contributed by atoms with E-state index in [0.29, 0.717) is 16.7 Å². The number of aromatic nitrogens is 1. The fraction of sp³-hybridized carbons (Fsp3) is 0.214. The molecule has 1 aromatic heterocycles. The topological polar surface area (TPSA) is 122 Å². The number of H-pyrrole nitrogens is 1. The van der Waals surface area contributed by atoms with Crippen molar-refractivity contribution in [3.8, 4) is 0 Å². The molecule has 8 heteroatoms. The molecule has 0 saturated heterocycles. The van der Waals surface area contributed by atoms with E-state index >= 15 is 0 Å². The van der Waals surface area contributed by atoms with Crippen LogP contribution in [0.3, 0.4) is 0 Å². The molecule has 0 aliphatic heterocycles. The number of hydrogen-bond donors (Lipinski definition) is 3. The predicted octanol–water partition coefficient (Wildman–Crippen LogP) is 1.03. The van der Waals surface area contributed by atoms with Gasteiger partial charge in [-0.05, 0) is 17.7 Å². The van der Waals surface area contributed by atoms with Crippen LogP contribution in [0.5, 0.6) is 0 Å². The monoisotopic (exact) mass is 306 g/mol. The lowest BCUT2D eigenvalue weighted by Gasteiger charge is -2.14. The second kappa shape index (κ2) is 6.61. The third-order valence-electron chi connectivity index (χ3n) is 2.85. The maximum atomic E-state index is 11.4. The first-order chi connectivity index (χ1) is 10.5. The Morgan fingerprint density at radius 1 is 1.50 bits per heavy atom. The maximum Gasteiger partial charge on any atom is 0.417 e. The van der Waals surface area contributed by atoms with Gasteiger partial charge in [-0.2, -0.15) is 0 Å². The molecule has 1 amide bonds. The Morgan fingerprint density at radius 3 is 2.95 bits per heavy atom. The van der Waals surface area contributed by atoms with Gasteiger partial charge in [-0.1, -0.05) is 18.7 Å². The van der Waals surface area contributed by atoms with Gasteiger partial charge in [-0.3, -0.25) is 4.98 Å². The highest BCUT2D eigenvalue weighted by Crippen LogP contribution is 2.14. The highest BCUT2D eigenvalue weighted by atomic mass is 16.5. The summed E-state index contributed by atoms with van der Waals surface area (Å²) in [6, 6.07) is 3.60. The normalized spacial score (nSPS) is 11.8. The van der Waals surface area contributed by atoms with E-state index in [1.54, 1.807) is 18.2 Å². The molecule has 8 nitrogen and oxygen atoms in total. The number of aliphatic carboxylic acids is 1. The number of carbonyl (C=O) groups is 2. The number of fused-ring (bicyclic) bond motifs is 1. The summed E-state index contributed by atoms with van der Waals surface area (Å²) >= 11 is 0. The van der Waals surface area contributed by atoms with Crippen molar-refractivity contribution in [2.75, 3.05) is 6.61 Å². The Kier molecular flexibility index (Phi) is 4.62. The van der Waals surface area contributed by atoms with Crippen LogP contribution >= 0.6 is 0 Å². The smallest absolute Gasteiger partial charge is 0.417 e. The minimum absolute atomic E-state index is 0.0135. The van der Waals surface area contributed by atoms with E-state index in [1.165, 1.54) is 6.08 Å². The van der Waals surface area contributed by atoms with Gasteiger partial charge in [0.2, 0.25) is 0 Å². The van der Waals surface area contributed by atoms with Crippen LogP contribution in [-0.2, 0) is 16.0 Å². The molecule has 1 aromatic carbocycles. The summed E-state index contributed by atoms with van der Waals surface area (Å²) in [6.45, 7) is 3.37. The zero-order chi connectivity index (χ0) is 16.1. The Balaban J connectivity index is 2.11. The first kappa shape index (κ1) is 15.4.